The lowest BCUT2D eigenvalue weighted by Crippen LogP contribution is -2.49. The van der Waals surface area contributed by atoms with Gasteiger partial charge in [0, 0.05) is 73.0 Å². The molecule has 9 nitrogen and oxygen atoms in total. The second-order valence-electron chi connectivity index (χ2n) is 9.86. The standard InChI is InChI=1S/C26H25F5N6O2S.C2H5N/c1-3-20(38)35-6-8-36(9-7-35)24-17-11-18(26(29,30)31)21(16-5-4-14(27)10-19(16)28)23-22(17)37(25(39)33-24)12-15(13-40-23)34(2)32;1-2-3/h3-5,10-11,15H,1,6-9,12-13,32H2,2H3;2H,1,3H2. The maximum absolute atomic E-state index is 15.1. The van der Waals surface area contributed by atoms with Gasteiger partial charge in [-0.1, -0.05) is 13.2 Å². The maximum Gasteiger partial charge on any atom is 0.417 e. The van der Waals surface area contributed by atoms with E-state index in [1.807, 2.05) is 0 Å². The van der Waals surface area contributed by atoms with E-state index in [-0.39, 0.29) is 66.0 Å². The minimum absolute atomic E-state index is 0.0286. The van der Waals surface area contributed by atoms with Crippen molar-refractivity contribution in [2.45, 2.75) is 23.7 Å². The molecule has 4 N–H and O–H groups in total. The zero-order chi connectivity index (χ0) is 31.6. The molecule has 15 heteroatoms. The van der Waals surface area contributed by atoms with Gasteiger partial charge in [0.05, 0.1) is 17.1 Å². The highest BCUT2D eigenvalue weighted by Crippen LogP contribution is 2.48. The summed E-state index contributed by atoms with van der Waals surface area (Å²) in [5.41, 5.74) is 2.02. The third kappa shape index (κ3) is 6.38. The first-order chi connectivity index (χ1) is 20.3. The molecule has 0 aliphatic carbocycles. The lowest BCUT2D eigenvalue weighted by molar-refractivity contribution is -0.137. The Hall–Kier alpha value is -3.95. The normalized spacial score (nSPS) is 16.9. The lowest BCUT2D eigenvalue weighted by Gasteiger charge is -2.35. The molecule has 0 bridgehead atoms. The van der Waals surface area contributed by atoms with Crippen molar-refractivity contribution in [2.75, 3.05) is 43.9 Å². The van der Waals surface area contributed by atoms with Gasteiger partial charge in [0.25, 0.3) is 0 Å². The predicted octanol–water partition coefficient (Wildman–Crippen LogP) is 3.56. The van der Waals surface area contributed by atoms with Gasteiger partial charge in [0.1, 0.15) is 17.5 Å². The molecule has 230 valence electrons. The van der Waals surface area contributed by atoms with Crippen LogP contribution in [-0.4, -0.2) is 70.4 Å². The zero-order valence-corrected chi connectivity index (χ0v) is 24.0. The van der Waals surface area contributed by atoms with Crippen molar-refractivity contribution in [2.24, 2.45) is 11.6 Å². The largest absolute Gasteiger partial charge is 0.417 e. The summed E-state index contributed by atoms with van der Waals surface area (Å²) in [6.07, 6.45) is -2.49. The number of carbonyl (C=O) groups is 1. The third-order valence-corrected chi connectivity index (χ3v) is 8.40. The smallest absolute Gasteiger partial charge is 0.405 e. The van der Waals surface area contributed by atoms with Gasteiger partial charge in [0.15, 0.2) is 0 Å². The van der Waals surface area contributed by atoms with E-state index in [9.17, 15) is 27.2 Å². The number of aromatic nitrogens is 2. The molecule has 1 amide bonds. The molecular weight excluding hydrogens is 593 g/mol. The number of hydrogen-bond acceptors (Lipinski definition) is 8. The number of hydrogen-bond donors (Lipinski definition) is 2. The fourth-order valence-electron chi connectivity index (χ4n) is 5.08. The molecule has 1 fully saturated rings. The molecule has 2 aliphatic heterocycles. The van der Waals surface area contributed by atoms with Gasteiger partial charge in [-0.3, -0.25) is 15.2 Å². The zero-order valence-electron chi connectivity index (χ0n) is 23.2. The minimum atomic E-state index is -4.93. The van der Waals surface area contributed by atoms with Crippen molar-refractivity contribution in [1.82, 2.24) is 19.5 Å². The fraction of sp³-hybridized carbons (Fsp3) is 0.321. The number of anilines is 1. The van der Waals surface area contributed by atoms with E-state index in [2.05, 4.69) is 23.9 Å². The minimum Gasteiger partial charge on any atom is -0.405 e. The molecule has 1 atom stereocenters. The van der Waals surface area contributed by atoms with Gasteiger partial charge in [-0.25, -0.2) is 18.6 Å². The van der Waals surface area contributed by atoms with E-state index in [0.29, 0.717) is 6.07 Å². The van der Waals surface area contributed by atoms with Gasteiger partial charge in [0.2, 0.25) is 5.91 Å². The number of halogens is 5. The molecular formula is C28H30F5N7O2S. The van der Waals surface area contributed by atoms with Crippen molar-refractivity contribution < 1.29 is 26.7 Å². The van der Waals surface area contributed by atoms with Crippen LogP contribution >= 0.6 is 11.8 Å². The van der Waals surface area contributed by atoms with Crippen LogP contribution in [0.4, 0.5) is 27.8 Å². The monoisotopic (exact) mass is 623 g/mol. The summed E-state index contributed by atoms with van der Waals surface area (Å²) in [5, 5.41) is 1.42. The Balaban J connectivity index is 0.00000135. The second-order valence-corrected chi connectivity index (χ2v) is 10.9. The number of alkyl halides is 3. The highest BCUT2D eigenvalue weighted by Gasteiger charge is 2.39. The van der Waals surface area contributed by atoms with Crippen molar-refractivity contribution in [1.29, 1.82) is 0 Å². The molecule has 0 spiro atoms. The molecule has 43 heavy (non-hydrogen) atoms. The van der Waals surface area contributed by atoms with Crippen molar-refractivity contribution in [3.8, 4) is 11.1 Å². The summed E-state index contributed by atoms with van der Waals surface area (Å²) in [4.78, 5) is 32.9. The number of rotatable bonds is 4. The van der Waals surface area contributed by atoms with Gasteiger partial charge < -0.3 is 15.5 Å². The molecule has 1 aromatic heterocycles. The van der Waals surface area contributed by atoms with E-state index in [4.69, 9.17) is 5.84 Å². The van der Waals surface area contributed by atoms with Crippen LogP contribution in [0.25, 0.3) is 22.0 Å². The number of carbonyl (C=O) groups excluding carboxylic acids is 1. The number of benzene rings is 2. The van der Waals surface area contributed by atoms with Crippen LogP contribution in [0, 0.1) is 11.6 Å². The molecule has 5 rings (SSSR count). The Kier molecular flexibility index (Phi) is 9.47. The summed E-state index contributed by atoms with van der Waals surface area (Å²) in [7, 11) is 1.58. The van der Waals surface area contributed by atoms with Gasteiger partial charge in [-0.05, 0) is 30.5 Å². The van der Waals surface area contributed by atoms with Crippen LogP contribution in [0.2, 0.25) is 0 Å². The Bertz CT molecular complexity index is 1620. The predicted molar refractivity (Wildman–Crippen MR) is 156 cm³/mol. The van der Waals surface area contributed by atoms with Crippen LogP contribution < -0.4 is 22.2 Å². The average molecular weight is 624 g/mol. The first-order valence-corrected chi connectivity index (χ1v) is 14.0. The molecule has 2 aromatic carbocycles. The molecule has 1 saturated heterocycles. The van der Waals surface area contributed by atoms with Crippen LogP contribution in [-0.2, 0) is 17.5 Å². The molecule has 0 radical (unpaired) electrons. The number of piperazine rings is 1. The maximum atomic E-state index is 15.1. The van der Waals surface area contributed by atoms with E-state index in [0.717, 1.165) is 30.0 Å². The summed E-state index contributed by atoms with van der Waals surface area (Å²) in [5.74, 6) is 3.85. The lowest BCUT2D eigenvalue weighted by atomic mass is 9.95. The van der Waals surface area contributed by atoms with E-state index >= 15 is 4.39 Å². The summed E-state index contributed by atoms with van der Waals surface area (Å²) >= 11 is 1.02. The van der Waals surface area contributed by atoms with Crippen molar-refractivity contribution in [3.05, 3.63) is 77.4 Å². The van der Waals surface area contributed by atoms with Crippen LogP contribution in [0.3, 0.4) is 0 Å². The number of amides is 1. The van der Waals surface area contributed by atoms with E-state index < -0.39 is 46.2 Å². The summed E-state index contributed by atoms with van der Waals surface area (Å²) in [6.45, 7) is 7.60. The molecule has 3 aromatic rings. The van der Waals surface area contributed by atoms with Crippen LogP contribution in [0.15, 0.2) is 59.4 Å². The Labute approximate surface area is 248 Å². The van der Waals surface area contributed by atoms with Crippen LogP contribution in [0.5, 0.6) is 0 Å². The average Bonchev–Trinajstić information content (AvgIpc) is 3.16. The Morgan fingerprint density at radius 1 is 1.16 bits per heavy atom. The van der Waals surface area contributed by atoms with Crippen molar-refractivity contribution >= 4 is 34.4 Å². The fourth-order valence-corrected chi connectivity index (χ4v) is 6.51. The van der Waals surface area contributed by atoms with Gasteiger partial charge >= 0.3 is 11.9 Å². The molecule has 3 heterocycles. The highest BCUT2D eigenvalue weighted by atomic mass is 32.2. The van der Waals surface area contributed by atoms with Gasteiger partial charge in [-0.15, -0.1) is 11.8 Å². The second kappa shape index (κ2) is 12.7. The third-order valence-electron chi connectivity index (χ3n) is 7.16. The SMILES string of the molecule is C=CC(=O)N1CCN(c2nc(=O)n3c4c(c(-c5ccc(F)cc5F)c(C(F)(F)F)cc24)SCC(N(C)N)C3)CC1.C=CN. The Morgan fingerprint density at radius 2 is 1.81 bits per heavy atom. The number of thioether (sulfide) groups is 1. The topological polar surface area (TPSA) is 114 Å². The number of likely N-dealkylation sites (N-methyl/N-ethyl adjacent to an activating group) is 1. The summed E-state index contributed by atoms with van der Waals surface area (Å²) in [6, 6.07) is 2.81. The number of nitrogens with zero attached hydrogens (tertiary/aromatic N) is 5. The quantitative estimate of drug-likeness (QED) is 0.196. The highest BCUT2D eigenvalue weighted by molar-refractivity contribution is 7.99. The summed E-state index contributed by atoms with van der Waals surface area (Å²) < 4.78 is 74.0. The molecule has 1 unspecified atom stereocenters. The van der Waals surface area contributed by atoms with Crippen molar-refractivity contribution in [3.63, 3.8) is 0 Å². The molecule has 0 saturated carbocycles. The van der Waals surface area contributed by atoms with Crippen LogP contribution in [0.1, 0.15) is 5.56 Å². The van der Waals surface area contributed by atoms with E-state index in [1.165, 1.54) is 21.9 Å². The molecule has 2 aliphatic rings. The number of nitrogens with two attached hydrogens (primary N) is 2. The van der Waals surface area contributed by atoms with Gasteiger partial charge in [-0.2, -0.15) is 18.2 Å². The first kappa shape index (κ1) is 32.0. The van der Waals surface area contributed by atoms with E-state index in [1.54, 1.807) is 16.8 Å². The first-order valence-electron chi connectivity index (χ1n) is 13.1. The number of hydrazine groups is 1. The Morgan fingerprint density at radius 3 is 2.37 bits per heavy atom.